The Balaban J connectivity index is 1.59. The molecule has 3 aromatic rings. The predicted molar refractivity (Wildman–Crippen MR) is 150 cm³/mol. The summed E-state index contributed by atoms with van der Waals surface area (Å²) in [5, 5.41) is 12.1. The molecule has 0 spiro atoms. The van der Waals surface area contributed by atoms with Crippen LogP contribution < -0.4 is 14.4 Å². The number of rotatable bonds is 7. The highest BCUT2D eigenvalue weighted by molar-refractivity contribution is 9.10. The number of ether oxygens (including phenoxy) is 2. The van der Waals surface area contributed by atoms with Gasteiger partial charge in [0.2, 0.25) is 0 Å². The van der Waals surface area contributed by atoms with Gasteiger partial charge in [-0.1, -0.05) is 59.3 Å². The second kappa shape index (κ2) is 11.2. The highest BCUT2D eigenvalue weighted by Crippen LogP contribution is 2.41. The summed E-state index contributed by atoms with van der Waals surface area (Å²) in [5.74, 6) is 0.526. The topological polar surface area (TPSA) is 81.9 Å². The molecule has 7 nitrogen and oxygen atoms in total. The van der Waals surface area contributed by atoms with Gasteiger partial charge in [-0.25, -0.2) is 0 Å². The van der Waals surface area contributed by atoms with Gasteiger partial charge in [0.15, 0.2) is 15.8 Å². The van der Waals surface area contributed by atoms with Crippen molar-refractivity contribution in [2.24, 2.45) is 0 Å². The maximum atomic E-state index is 13.1. The number of thioether (sulfide) groups is 1. The van der Waals surface area contributed by atoms with E-state index in [4.69, 9.17) is 44.9 Å². The summed E-state index contributed by atoms with van der Waals surface area (Å²) >= 11 is 22.2. The van der Waals surface area contributed by atoms with Crippen molar-refractivity contribution in [2.75, 3.05) is 12.0 Å². The van der Waals surface area contributed by atoms with Crippen LogP contribution in [0.5, 0.6) is 11.5 Å². The van der Waals surface area contributed by atoms with Crippen molar-refractivity contribution >= 4 is 90.8 Å². The largest absolute Gasteiger partial charge is 0.493 e. The third-order valence-electron chi connectivity index (χ3n) is 5.03. The molecule has 0 aliphatic carbocycles. The number of nitro groups is 1. The number of anilines is 1. The third kappa shape index (κ3) is 5.68. The van der Waals surface area contributed by atoms with E-state index in [9.17, 15) is 14.9 Å². The number of non-ortho nitro benzene ring substituents is 1. The second-order valence-corrected chi connectivity index (χ2v) is 10.7. The van der Waals surface area contributed by atoms with E-state index >= 15 is 0 Å². The first kappa shape index (κ1) is 26.4. The van der Waals surface area contributed by atoms with Gasteiger partial charge in [-0.15, -0.1) is 0 Å². The smallest absolute Gasteiger partial charge is 0.271 e. The fraction of sp³-hybridized carbons (Fsp3) is 0.0833. The van der Waals surface area contributed by atoms with Crippen LogP contribution >= 0.6 is 63.1 Å². The van der Waals surface area contributed by atoms with E-state index in [0.717, 1.165) is 17.3 Å². The molecule has 1 aliphatic rings. The Labute approximate surface area is 234 Å². The van der Waals surface area contributed by atoms with Gasteiger partial charge < -0.3 is 9.47 Å². The molecule has 1 amide bonds. The van der Waals surface area contributed by atoms with Gasteiger partial charge in [0.25, 0.3) is 11.6 Å². The van der Waals surface area contributed by atoms with E-state index in [0.29, 0.717) is 42.2 Å². The Morgan fingerprint density at radius 1 is 1.19 bits per heavy atom. The molecular formula is C24H15BrCl2N2O5S2. The normalized spacial score (nSPS) is 14.4. The zero-order valence-electron chi connectivity index (χ0n) is 18.4. The number of thiocarbonyl (C=S) groups is 1. The Kier molecular flexibility index (Phi) is 8.21. The molecule has 4 rings (SSSR count). The standard InChI is InChI=1S/C24H15BrCl2N2O5S2/c1-33-20-8-13(7-18(25)22(20)34-12-14-5-6-15(26)10-19(14)27)9-21-23(30)28(24(35)36-21)16-3-2-4-17(11-16)29(31)32/h2-11H,12H2,1H3/b21-9+. The highest BCUT2D eigenvalue weighted by Gasteiger charge is 2.34. The quantitative estimate of drug-likeness (QED) is 0.115. The molecule has 0 saturated carbocycles. The van der Waals surface area contributed by atoms with Gasteiger partial charge in [-0.05, 0) is 57.9 Å². The Morgan fingerprint density at radius 3 is 2.67 bits per heavy atom. The number of methoxy groups -OCH3 is 1. The summed E-state index contributed by atoms with van der Waals surface area (Å²) < 4.78 is 12.4. The predicted octanol–water partition coefficient (Wildman–Crippen LogP) is 7.66. The summed E-state index contributed by atoms with van der Waals surface area (Å²) in [5.41, 5.74) is 1.62. The lowest BCUT2D eigenvalue weighted by atomic mass is 10.1. The van der Waals surface area contributed by atoms with Crippen LogP contribution in [0.1, 0.15) is 11.1 Å². The van der Waals surface area contributed by atoms with Crippen molar-refractivity contribution in [2.45, 2.75) is 6.61 Å². The molecule has 0 radical (unpaired) electrons. The van der Waals surface area contributed by atoms with Gasteiger partial charge in [-0.3, -0.25) is 19.8 Å². The number of nitro benzene ring substituents is 1. The zero-order chi connectivity index (χ0) is 26.0. The van der Waals surface area contributed by atoms with E-state index in [1.54, 1.807) is 42.5 Å². The molecule has 0 bridgehead atoms. The van der Waals surface area contributed by atoms with Crippen LogP contribution in [0.25, 0.3) is 6.08 Å². The minimum atomic E-state index is -0.523. The molecule has 0 unspecified atom stereocenters. The number of halogens is 3. The summed E-state index contributed by atoms with van der Waals surface area (Å²) in [6.45, 7) is 0.187. The number of carbonyl (C=O) groups is 1. The van der Waals surface area contributed by atoms with Gasteiger partial charge in [0.05, 0.1) is 27.1 Å². The molecule has 184 valence electrons. The van der Waals surface area contributed by atoms with Crippen LogP contribution in [0.15, 0.2) is 64.0 Å². The number of amides is 1. The van der Waals surface area contributed by atoms with Crippen molar-refractivity contribution in [3.63, 3.8) is 0 Å². The summed E-state index contributed by atoms with van der Waals surface area (Å²) in [6.07, 6.45) is 1.67. The van der Waals surface area contributed by atoms with Crippen molar-refractivity contribution in [3.8, 4) is 11.5 Å². The minimum absolute atomic E-state index is 0.130. The number of nitrogens with zero attached hydrogens (tertiary/aromatic N) is 2. The fourth-order valence-corrected chi connectivity index (χ4v) is 5.68. The molecule has 36 heavy (non-hydrogen) atoms. The van der Waals surface area contributed by atoms with Crippen LogP contribution in [0, 0.1) is 10.1 Å². The van der Waals surface area contributed by atoms with Crippen LogP contribution in [0.2, 0.25) is 10.0 Å². The highest BCUT2D eigenvalue weighted by atomic mass is 79.9. The van der Waals surface area contributed by atoms with Gasteiger partial charge >= 0.3 is 0 Å². The lowest BCUT2D eigenvalue weighted by Crippen LogP contribution is -2.27. The van der Waals surface area contributed by atoms with Crippen molar-refractivity contribution < 1.29 is 19.2 Å². The first-order chi connectivity index (χ1) is 17.2. The number of hydrogen-bond donors (Lipinski definition) is 0. The molecule has 12 heteroatoms. The van der Waals surface area contributed by atoms with E-state index in [1.807, 2.05) is 0 Å². The van der Waals surface area contributed by atoms with E-state index in [-0.39, 0.29) is 22.5 Å². The third-order valence-corrected chi connectivity index (χ3v) is 7.51. The Morgan fingerprint density at radius 2 is 1.97 bits per heavy atom. The van der Waals surface area contributed by atoms with E-state index in [2.05, 4.69) is 15.9 Å². The molecule has 1 heterocycles. The van der Waals surface area contributed by atoms with Crippen molar-refractivity contribution in [1.29, 1.82) is 0 Å². The van der Waals surface area contributed by atoms with Crippen LogP contribution in [0.3, 0.4) is 0 Å². The lowest BCUT2D eigenvalue weighted by Gasteiger charge is -2.15. The van der Waals surface area contributed by atoms with Gasteiger partial charge in [0, 0.05) is 27.7 Å². The average Bonchev–Trinajstić information content (AvgIpc) is 3.11. The molecule has 0 aromatic heterocycles. The van der Waals surface area contributed by atoms with Gasteiger partial charge in [0.1, 0.15) is 6.61 Å². The molecular weight excluding hydrogens is 611 g/mol. The summed E-state index contributed by atoms with van der Waals surface area (Å²) in [6, 6.07) is 14.4. The Hall–Kier alpha value is -2.63. The maximum Gasteiger partial charge on any atom is 0.271 e. The SMILES string of the molecule is COc1cc(/C=C2/SC(=S)N(c3cccc([N+](=O)[O-])c3)C2=O)cc(Br)c1OCc1ccc(Cl)cc1Cl. The number of carbonyl (C=O) groups excluding carboxylic acids is 1. The monoisotopic (exact) mass is 624 g/mol. The first-order valence-corrected chi connectivity index (χ1v) is 12.9. The molecule has 0 atom stereocenters. The fourth-order valence-electron chi connectivity index (χ4n) is 3.34. The zero-order valence-corrected chi connectivity index (χ0v) is 23.1. The van der Waals surface area contributed by atoms with E-state index < -0.39 is 4.92 Å². The van der Waals surface area contributed by atoms with Crippen molar-refractivity contribution in [1.82, 2.24) is 0 Å². The number of hydrogen-bond acceptors (Lipinski definition) is 7. The molecule has 1 fully saturated rings. The lowest BCUT2D eigenvalue weighted by molar-refractivity contribution is -0.384. The summed E-state index contributed by atoms with van der Waals surface area (Å²) in [4.78, 5) is 25.4. The van der Waals surface area contributed by atoms with E-state index in [1.165, 1.54) is 30.2 Å². The molecule has 1 aliphatic heterocycles. The van der Waals surface area contributed by atoms with Crippen LogP contribution in [-0.2, 0) is 11.4 Å². The second-order valence-electron chi connectivity index (χ2n) is 7.35. The van der Waals surface area contributed by atoms with Gasteiger partial charge in [-0.2, -0.15) is 0 Å². The molecule has 0 N–H and O–H groups in total. The maximum absolute atomic E-state index is 13.1. The Bertz CT molecular complexity index is 1430. The van der Waals surface area contributed by atoms with Crippen LogP contribution in [0.4, 0.5) is 11.4 Å². The van der Waals surface area contributed by atoms with Crippen molar-refractivity contribution in [3.05, 3.63) is 95.3 Å². The number of benzene rings is 3. The first-order valence-electron chi connectivity index (χ1n) is 10.1. The average molecular weight is 626 g/mol. The molecule has 3 aromatic carbocycles. The van der Waals surface area contributed by atoms with Crippen LogP contribution in [-0.4, -0.2) is 22.3 Å². The molecule has 1 saturated heterocycles. The summed E-state index contributed by atoms with van der Waals surface area (Å²) in [7, 11) is 1.51. The minimum Gasteiger partial charge on any atom is -0.493 e.